The predicted molar refractivity (Wildman–Crippen MR) is 106 cm³/mol. The van der Waals surface area contributed by atoms with E-state index in [4.69, 9.17) is 10.7 Å². The van der Waals surface area contributed by atoms with Gasteiger partial charge in [0, 0.05) is 12.2 Å². The van der Waals surface area contributed by atoms with Gasteiger partial charge in [0.25, 0.3) is 0 Å². The number of thioether (sulfide) groups is 1. The van der Waals surface area contributed by atoms with Crippen LogP contribution >= 0.6 is 23.1 Å². The Bertz CT molecular complexity index is 876. The first-order valence-corrected chi connectivity index (χ1v) is 10.6. The Hall–Kier alpha value is -1.63. The van der Waals surface area contributed by atoms with Crippen molar-refractivity contribution in [1.29, 1.82) is 0 Å². The molecule has 4 nitrogen and oxygen atoms in total. The topological polar surface area (TPSA) is 56.2 Å². The zero-order valence-corrected chi connectivity index (χ0v) is 16.1. The molecule has 130 valence electrons. The average Bonchev–Trinajstić information content (AvgIpc) is 2.97. The first-order chi connectivity index (χ1) is 12.2. The molecular formula is C19H23N4S2+. The van der Waals surface area contributed by atoms with Crippen LogP contribution in [-0.4, -0.2) is 29.3 Å². The smallest absolute Gasteiger partial charge is 0.190 e. The molecule has 25 heavy (non-hydrogen) atoms. The van der Waals surface area contributed by atoms with E-state index >= 15 is 0 Å². The Morgan fingerprint density at radius 1 is 1.24 bits per heavy atom. The molecule has 1 unspecified atom stereocenters. The zero-order chi connectivity index (χ0) is 17.2. The largest absolute Gasteiger partial charge is 0.383 e. The minimum absolute atomic E-state index is 0.660. The number of hydrogen-bond donors (Lipinski definition) is 2. The summed E-state index contributed by atoms with van der Waals surface area (Å²) in [4.78, 5) is 13.4. The lowest BCUT2D eigenvalue weighted by atomic mass is 10.1. The van der Waals surface area contributed by atoms with Crippen molar-refractivity contribution in [3.8, 4) is 0 Å². The van der Waals surface area contributed by atoms with Crippen molar-refractivity contribution in [3.63, 3.8) is 0 Å². The molecule has 0 aliphatic carbocycles. The summed E-state index contributed by atoms with van der Waals surface area (Å²) >= 11 is 3.52. The second-order valence-corrected chi connectivity index (χ2v) is 8.79. The number of thiophene rings is 1. The molecule has 4 rings (SSSR count). The second kappa shape index (κ2) is 7.32. The molecule has 0 spiro atoms. The molecule has 0 saturated carbocycles. The lowest BCUT2D eigenvalue weighted by Gasteiger charge is -2.19. The van der Waals surface area contributed by atoms with Gasteiger partial charge in [0.1, 0.15) is 17.2 Å². The quantitative estimate of drug-likeness (QED) is 0.411. The molecule has 0 amide bonds. The van der Waals surface area contributed by atoms with Gasteiger partial charge in [-0.3, -0.25) is 0 Å². The monoisotopic (exact) mass is 371 g/mol. The van der Waals surface area contributed by atoms with Crippen molar-refractivity contribution in [3.05, 3.63) is 46.3 Å². The number of nitrogens with two attached hydrogens (primary N) is 1. The second-order valence-electron chi connectivity index (χ2n) is 6.65. The number of rotatable bonds is 5. The predicted octanol–water partition coefficient (Wildman–Crippen LogP) is 2.57. The fourth-order valence-electron chi connectivity index (χ4n) is 3.37. The van der Waals surface area contributed by atoms with Crippen LogP contribution in [-0.2, 0) is 19.4 Å². The van der Waals surface area contributed by atoms with E-state index in [1.807, 2.05) is 0 Å². The van der Waals surface area contributed by atoms with Gasteiger partial charge in [-0.05, 0) is 24.0 Å². The SMILES string of the molecule is C[NH+]1CCc2c(sc3nc(SCCCc4ccccc4)nc(N)c23)C1. The summed E-state index contributed by atoms with van der Waals surface area (Å²) in [5.41, 5.74) is 9.07. The number of quaternary nitrogens is 1. The maximum atomic E-state index is 6.29. The van der Waals surface area contributed by atoms with Crippen LogP contribution in [0.4, 0.5) is 5.82 Å². The summed E-state index contributed by atoms with van der Waals surface area (Å²) in [6.45, 7) is 2.24. The molecule has 1 aromatic carbocycles. The lowest BCUT2D eigenvalue weighted by molar-refractivity contribution is -0.895. The van der Waals surface area contributed by atoms with Crippen LogP contribution in [0.5, 0.6) is 0 Å². The molecule has 3 aromatic rings. The van der Waals surface area contributed by atoms with Crippen molar-refractivity contribution < 1.29 is 4.90 Å². The molecule has 3 heterocycles. The van der Waals surface area contributed by atoms with Crippen molar-refractivity contribution in [2.75, 3.05) is 25.1 Å². The zero-order valence-electron chi connectivity index (χ0n) is 14.4. The summed E-state index contributed by atoms with van der Waals surface area (Å²) < 4.78 is 0. The Labute approximate surface area is 156 Å². The number of hydrogen-bond acceptors (Lipinski definition) is 5. The van der Waals surface area contributed by atoms with Gasteiger partial charge in [-0.2, -0.15) is 0 Å². The third kappa shape index (κ3) is 3.66. The van der Waals surface area contributed by atoms with Crippen molar-refractivity contribution in [2.24, 2.45) is 0 Å². The highest BCUT2D eigenvalue weighted by atomic mass is 32.2. The van der Waals surface area contributed by atoms with Gasteiger partial charge >= 0.3 is 0 Å². The number of aromatic nitrogens is 2. The van der Waals surface area contributed by atoms with Crippen molar-refractivity contribution >= 4 is 39.1 Å². The lowest BCUT2D eigenvalue weighted by Crippen LogP contribution is -3.08. The number of benzene rings is 1. The van der Waals surface area contributed by atoms with E-state index < -0.39 is 0 Å². The molecule has 0 radical (unpaired) electrons. The van der Waals surface area contributed by atoms with Crippen LogP contribution in [0.15, 0.2) is 35.5 Å². The number of anilines is 1. The van der Waals surface area contributed by atoms with E-state index in [0.717, 1.165) is 53.5 Å². The highest BCUT2D eigenvalue weighted by Gasteiger charge is 2.24. The van der Waals surface area contributed by atoms with E-state index in [2.05, 4.69) is 42.4 Å². The van der Waals surface area contributed by atoms with E-state index in [0.29, 0.717) is 5.82 Å². The summed E-state index contributed by atoms with van der Waals surface area (Å²) in [5, 5.41) is 1.93. The average molecular weight is 372 g/mol. The number of nitrogens with one attached hydrogen (secondary N) is 1. The molecule has 1 aliphatic rings. The Morgan fingerprint density at radius 3 is 2.92 bits per heavy atom. The van der Waals surface area contributed by atoms with Crippen LogP contribution in [0, 0.1) is 0 Å². The Balaban J connectivity index is 1.46. The third-order valence-corrected chi connectivity index (χ3v) is 6.75. The molecule has 0 bridgehead atoms. The van der Waals surface area contributed by atoms with Crippen LogP contribution in [0.1, 0.15) is 22.4 Å². The number of nitrogen functional groups attached to an aromatic ring is 1. The van der Waals surface area contributed by atoms with E-state index in [9.17, 15) is 0 Å². The van der Waals surface area contributed by atoms with Gasteiger partial charge in [-0.25, -0.2) is 9.97 Å². The van der Waals surface area contributed by atoms with Crippen molar-refractivity contribution in [1.82, 2.24) is 9.97 Å². The van der Waals surface area contributed by atoms with Gasteiger partial charge in [0.2, 0.25) is 0 Å². The summed E-state index contributed by atoms with van der Waals surface area (Å²) in [5.74, 6) is 1.67. The summed E-state index contributed by atoms with van der Waals surface area (Å²) in [6, 6.07) is 10.6. The highest BCUT2D eigenvalue weighted by molar-refractivity contribution is 7.99. The van der Waals surface area contributed by atoms with E-state index in [-0.39, 0.29) is 0 Å². The van der Waals surface area contributed by atoms with Gasteiger partial charge in [-0.15, -0.1) is 11.3 Å². The highest BCUT2D eigenvalue weighted by Crippen LogP contribution is 2.35. The summed E-state index contributed by atoms with van der Waals surface area (Å²) in [6.07, 6.45) is 3.29. The van der Waals surface area contributed by atoms with Crippen LogP contribution in [0.3, 0.4) is 0 Å². The molecule has 2 aromatic heterocycles. The van der Waals surface area contributed by atoms with Crippen LogP contribution in [0.2, 0.25) is 0 Å². The van der Waals surface area contributed by atoms with E-state index in [1.165, 1.54) is 16.0 Å². The standard InChI is InChI=1S/C19H22N4S2/c1-23-10-9-14-15(12-23)25-18-16(14)17(20)21-19(22-18)24-11-5-8-13-6-3-2-4-7-13/h2-4,6-7H,5,8-12H2,1H3,(H2,20,21,22)/p+1. The molecule has 6 heteroatoms. The Kier molecular flexibility index (Phi) is 4.92. The maximum Gasteiger partial charge on any atom is 0.190 e. The van der Waals surface area contributed by atoms with Gasteiger partial charge in [0.05, 0.1) is 23.9 Å². The maximum absolute atomic E-state index is 6.29. The first-order valence-electron chi connectivity index (χ1n) is 8.76. The molecular weight excluding hydrogens is 348 g/mol. The summed E-state index contributed by atoms with van der Waals surface area (Å²) in [7, 11) is 2.25. The van der Waals surface area contributed by atoms with Gasteiger partial charge in [-0.1, -0.05) is 42.1 Å². The number of nitrogens with zero attached hydrogens (tertiary/aromatic N) is 2. The first kappa shape index (κ1) is 16.8. The van der Waals surface area contributed by atoms with Crippen molar-refractivity contribution in [2.45, 2.75) is 31.0 Å². The van der Waals surface area contributed by atoms with Gasteiger partial charge in [0.15, 0.2) is 5.16 Å². The fraction of sp³-hybridized carbons (Fsp3) is 0.368. The minimum Gasteiger partial charge on any atom is -0.383 e. The number of likely N-dealkylation sites (N-methyl/N-ethyl adjacent to an activating group) is 1. The van der Waals surface area contributed by atoms with Crippen LogP contribution in [0.25, 0.3) is 10.2 Å². The molecule has 1 aliphatic heterocycles. The minimum atomic E-state index is 0.660. The van der Waals surface area contributed by atoms with Gasteiger partial charge < -0.3 is 10.6 Å². The third-order valence-electron chi connectivity index (χ3n) is 4.69. The normalized spacial score (nSPS) is 16.9. The Morgan fingerprint density at radius 2 is 2.08 bits per heavy atom. The fourth-order valence-corrected chi connectivity index (χ4v) is 5.56. The molecule has 1 atom stereocenters. The molecule has 3 N–H and O–H groups in total. The van der Waals surface area contributed by atoms with Crippen LogP contribution < -0.4 is 10.6 Å². The van der Waals surface area contributed by atoms with E-state index in [1.54, 1.807) is 28.0 Å². The molecule has 0 fully saturated rings. The molecule has 0 saturated heterocycles. The number of fused-ring (bicyclic) bond motifs is 3. The number of aryl methyl sites for hydroxylation is 1.